The van der Waals surface area contributed by atoms with Gasteiger partial charge >= 0.3 is 0 Å². The lowest BCUT2D eigenvalue weighted by molar-refractivity contribution is -0.136. The number of ether oxygens (including phenoxy) is 1. The maximum absolute atomic E-state index is 14.8. The summed E-state index contributed by atoms with van der Waals surface area (Å²) in [5.74, 6) is 2.82. The van der Waals surface area contributed by atoms with Gasteiger partial charge in [0.25, 0.3) is 0 Å². The third kappa shape index (κ3) is 9.50. The monoisotopic (exact) mass is 679 g/mol. The lowest BCUT2D eigenvalue weighted by atomic mass is 9.65. The second kappa shape index (κ2) is 16.6. The summed E-state index contributed by atoms with van der Waals surface area (Å²) in [6.07, 6.45) is 2.70. The molecule has 4 atom stereocenters. The first kappa shape index (κ1) is 35.7. The molecule has 3 aliphatic rings. The van der Waals surface area contributed by atoms with Crippen LogP contribution in [0, 0.1) is 29.5 Å². The molecule has 2 aliphatic heterocycles. The quantitative estimate of drug-likeness (QED) is 0.150. The fraction of sp³-hybridized carbons (Fsp3) is 0.667. The molecule has 1 aliphatic carbocycles. The Labute approximate surface area is 279 Å². The number of nitrogens with one attached hydrogen (secondary N) is 1. The Morgan fingerprint density at radius 1 is 1.02 bits per heavy atom. The fourth-order valence-corrected chi connectivity index (χ4v) is 6.95. The van der Waals surface area contributed by atoms with E-state index < -0.39 is 36.8 Å². The molecular weight excluding hydrogens is 633 g/mol. The Hall–Kier alpha value is -2.65. The first-order chi connectivity index (χ1) is 22.6. The summed E-state index contributed by atoms with van der Waals surface area (Å²) in [6.45, 7) is 3.12. The number of amides is 1. The number of aromatic nitrogens is 2. The average Bonchev–Trinajstić information content (AvgIpc) is 3.03. The summed E-state index contributed by atoms with van der Waals surface area (Å²) < 4.78 is 20.7. The van der Waals surface area contributed by atoms with Crippen molar-refractivity contribution in [1.29, 1.82) is 0 Å². The number of nitrogens with zero attached hydrogens (tertiary/aromatic N) is 4. The van der Waals surface area contributed by atoms with E-state index in [1.807, 2.05) is 0 Å². The van der Waals surface area contributed by atoms with E-state index in [1.165, 1.54) is 18.9 Å². The summed E-state index contributed by atoms with van der Waals surface area (Å²) >= 11 is 5.91. The molecule has 0 spiro atoms. The summed E-state index contributed by atoms with van der Waals surface area (Å²) in [5, 5.41) is 51.3. The van der Waals surface area contributed by atoms with E-state index in [2.05, 4.69) is 20.2 Å². The summed E-state index contributed by atoms with van der Waals surface area (Å²) in [7, 11) is 0. The van der Waals surface area contributed by atoms with Crippen LogP contribution in [0.2, 0.25) is 5.02 Å². The Kier molecular flexibility index (Phi) is 12.6. The molecule has 0 bridgehead atoms. The van der Waals surface area contributed by atoms with E-state index in [1.54, 1.807) is 29.4 Å². The zero-order valence-corrected chi connectivity index (χ0v) is 27.3. The predicted octanol–water partition coefficient (Wildman–Crippen LogP) is 1.01. The van der Waals surface area contributed by atoms with Crippen LogP contribution >= 0.6 is 11.6 Å². The van der Waals surface area contributed by atoms with Crippen LogP contribution in [0.15, 0.2) is 30.6 Å². The molecule has 0 radical (unpaired) electrons. The molecule has 6 N–H and O–H groups in total. The molecule has 2 aromatic rings. The number of anilines is 1. The van der Waals surface area contributed by atoms with Gasteiger partial charge < -0.3 is 45.4 Å². The highest BCUT2D eigenvalue weighted by Gasteiger charge is 2.37. The topological polar surface area (TPSA) is 172 Å². The van der Waals surface area contributed by atoms with Gasteiger partial charge in [-0.3, -0.25) is 4.79 Å². The maximum Gasteiger partial charge on any atom is 0.227 e. The number of aliphatic hydroxyl groups is 5. The van der Waals surface area contributed by atoms with Crippen molar-refractivity contribution in [3.8, 4) is 5.75 Å². The van der Waals surface area contributed by atoms with Gasteiger partial charge in [0.1, 0.15) is 29.9 Å². The molecule has 14 heteroatoms. The molecule has 1 amide bonds. The summed E-state index contributed by atoms with van der Waals surface area (Å²) in [5.41, 5.74) is 0.320. The third-order valence-corrected chi connectivity index (χ3v) is 10.1. The van der Waals surface area contributed by atoms with Crippen molar-refractivity contribution >= 4 is 23.5 Å². The molecule has 1 aromatic carbocycles. The first-order valence-electron chi connectivity index (χ1n) is 16.6. The third-order valence-electron chi connectivity index (χ3n) is 9.95. The number of aliphatic hydroxyl groups excluding tert-OH is 5. The minimum atomic E-state index is -1.67. The van der Waals surface area contributed by atoms with Crippen LogP contribution in [0.4, 0.5) is 10.3 Å². The lowest BCUT2D eigenvalue weighted by Crippen LogP contribution is -2.55. The predicted molar refractivity (Wildman–Crippen MR) is 172 cm³/mol. The van der Waals surface area contributed by atoms with Gasteiger partial charge in [-0.25, -0.2) is 14.4 Å². The molecule has 12 nitrogen and oxygen atoms in total. The van der Waals surface area contributed by atoms with Gasteiger partial charge in [0, 0.05) is 51.3 Å². The molecule has 2 saturated heterocycles. The van der Waals surface area contributed by atoms with E-state index in [0.29, 0.717) is 48.5 Å². The molecule has 3 fully saturated rings. The smallest absolute Gasteiger partial charge is 0.227 e. The van der Waals surface area contributed by atoms with Crippen molar-refractivity contribution in [3.63, 3.8) is 0 Å². The van der Waals surface area contributed by atoms with Crippen LogP contribution < -0.4 is 15.0 Å². The number of piperidine rings is 1. The average molecular weight is 680 g/mol. The van der Waals surface area contributed by atoms with Crippen LogP contribution in [-0.2, 0) is 11.2 Å². The number of halogens is 2. The second-order valence-corrected chi connectivity index (χ2v) is 13.7. The van der Waals surface area contributed by atoms with E-state index in [4.69, 9.17) is 21.4 Å². The number of carbonyl (C=O) groups excluding carboxylic acids is 1. The zero-order chi connectivity index (χ0) is 33.5. The van der Waals surface area contributed by atoms with Crippen LogP contribution in [0.3, 0.4) is 0 Å². The molecule has 260 valence electrons. The molecular formula is C33H47ClFN5O7. The standard InChI is InChI=1S/C33H47ClFN5O7/c34-25-14-37-33(38-15-25)39-6-3-22(4-7-39)24-9-20(10-24)5-8-47-26-2-1-23(27(35)12-26)11-30(44)40-17-21(18-40)13-36-16-28(42)31(45)32(46)29(43)19-41/h1-2,12,14-15,20-22,24,28-29,31-32,36,41-43,45-46H,3-11,13,16-19H2/t20?,24?,28-,29+,31+,32+/m0/s1. The minimum absolute atomic E-state index is 0.0377. The van der Waals surface area contributed by atoms with E-state index >= 15 is 0 Å². The molecule has 0 unspecified atom stereocenters. The Balaban J connectivity index is 0.928. The van der Waals surface area contributed by atoms with Gasteiger partial charge in [-0.05, 0) is 61.5 Å². The summed E-state index contributed by atoms with van der Waals surface area (Å²) in [6, 6.07) is 4.67. The van der Waals surface area contributed by atoms with Crippen molar-refractivity contribution in [1.82, 2.24) is 20.2 Å². The molecule has 47 heavy (non-hydrogen) atoms. The van der Waals surface area contributed by atoms with E-state index in [9.17, 15) is 29.6 Å². The fourth-order valence-electron chi connectivity index (χ4n) is 6.85. The number of hydrogen-bond donors (Lipinski definition) is 6. The Morgan fingerprint density at radius 3 is 2.36 bits per heavy atom. The number of carbonyl (C=O) groups is 1. The lowest BCUT2D eigenvalue weighted by Gasteiger charge is -2.44. The highest BCUT2D eigenvalue weighted by atomic mass is 35.5. The summed E-state index contributed by atoms with van der Waals surface area (Å²) in [4.78, 5) is 25.2. The molecule has 5 rings (SSSR count). The van der Waals surface area contributed by atoms with Crippen LogP contribution in [-0.4, -0.2) is 123 Å². The van der Waals surface area contributed by atoms with Crippen molar-refractivity contribution in [2.24, 2.45) is 23.7 Å². The Morgan fingerprint density at radius 2 is 1.70 bits per heavy atom. The van der Waals surface area contributed by atoms with Crippen molar-refractivity contribution < 1.29 is 39.5 Å². The van der Waals surface area contributed by atoms with Crippen molar-refractivity contribution in [3.05, 3.63) is 47.0 Å². The largest absolute Gasteiger partial charge is 0.493 e. The van der Waals surface area contributed by atoms with Gasteiger partial charge in [0.05, 0.1) is 43.2 Å². The van der Waals surface area contributed by atoms with E-state index in [-0.39, 0.29) is 24.8 Å². The van der Waals surface area contributed by atoms with Crippen molar-refractivity contribution in [2.75, 3.05) is 57.4 Å². The number of rotatable bonds is 16. The number of benzene rings is 1. The number of hydrogen-bond acceptors (Lipinski definition) is 11. The highest BCUT2D eigenvalue weighted by molar-refractivity contribution is 6.30. The Bertz CT molecular complexity index is 1290. The van der Waals surface area contributed by atoms with Gasteiger partial charge in [-0.2, -0.15) is 0 Å². The van der Waals surface area contributed by atoms with Gasteiger partial charge in [0.15, 0.2) is 0 Å². The van der Waals surface area contributed by atoms with Gasteiger partial charge in [-0.15, -0.1) is 0 Å². The maximum atomic E-state index is 14.8. The number of likely N-dealkylation sites (tertiary alicyclic amines) is 1. The SMILES string of the molecule is O=C(Cc1ccc(OCCC2CC(C3CCN(c4ncc(Cl)cn4)CC3)C2)cc1F)N1CC(CNC[C@H](O)[C@@H](O)[C@H](O)[C@H](O)CO)C1. The van der Waals surface area contributed by atoms with Crippen LogP contribution in [0.25, 0.3) is 0 Å². The highest BCUT2D eigenvalue weighted by Crippen LogP contribution is 2.44. The normalized spacial score (nSPS) is 23.0. The van der Waals surface area contributed by atoms with Gasteiger partial charge in [-0.1, -0.05) is 17.7 Å². The first-order valence-corrected chi connectivity index (χ1v) is 16.9. The van der Waals surface area contributed by atoms with Gasteiger partial charge in [0.2, 0.25) is 11.9 Å². The van der Waals surface area contributed by atoms with Crippen LogP contribution in [0.5, 0.6) is 5.75 Å². The molecule has 1 saturated carbocycles. The van der Waals surface area contributed by atoms with Crippen LogP contribution in [0.1, 0.15) is 37.7 Å². The minimum Gasteiger partial charge on any atom is -0.493 e. The molecule has 1 aromatic heterocycles. The van der Waals surface area contributed by atoms with E-state index in [0.717, 1.165) is 50.1 Å². The zero-order valence-electron chi connectivity index (χ0n) is 26.5. The second-order valence-electron chi connectivity index (χ2n) is 13.3. The van der Waals surface area contributed by atoms with Crippen molar-refractivity contribution in [2.45, 2.75) is 62.9 Å². The molecule has 3 heterocycles.